The highest BCUT2D eigenvalue weighted by Gasteiger charge is 2.95. The summed E-state index contributed by atoms with van der Waals surface area (Å²) in [6.45, 7) is 0. The zero-order valence-corrected chi connectivity index (χ0v) is 16.0. The lowest BCUT2D eigenvalue weighted by molar-refractivity contribution is -0.461. The van der Waals surface area contributed by atoms with Gasteiger partial charge in [0.2, 0.25) is 0 Å². The van der Waals surface area contributed by atoms with E-state index in [-0.39, 0.29) is 0 Å². The van der Waals surface area contributed by atoms with Gasteiger partial charge in [0.25, 0.3) is 10.1 Å². The van der Waals surface area contributed by atoms with Gasteiger partial charge in [0.15, 0.2) is 0 Å². The smallest absolute Gasteiger partial charge is 0.273 e. The Bertz CT molecular complexity index is 799. The van der Waals surface area contributed by atoms with Crippen LogP contribution in [-0.4, -0.2) is 68.9 Å². The van der Waals surface area contributed by atoms with Gasteiger partial charge in [-0.3, -0.25) is 4.18 Å². The lowest BCUT2D eigenvalue weighted by Crippen LogP contribution is -2.74. The van der Waals surface area contributed by atoms with Gasteiger partial charge in [-0.05, 0) is 6.42 Å². The number of alkyl halides is 17. The third kappa shape index (κ3) is 4.79. The van der Waals surface area contributed by atoms with Gasteiger partial charge in [0, 0.05) is 6.42 Å². The highest BCUT2D eigenvalue weighted by Crippen LogP contribution is 2.64. The highest BCUT2D eigenvalue weighted by molar-refractivity contribution is 7.86. The fraction of sp³-hybridized carbons (Fsp3) is 1.00. The second-order valence-corrected chi connectivity index (χ2v) is 8.04. The molecule has 0 heterocycles. The Labute approximate surface area is 172 Å². The van der Waals surface area contributed by atoms with Crippen LogP contribution in [0.1, 0.15) is 12.8 Å². The molecule has 0 aliphatic heterocycles. The average Bonchev–Trinajstić information content (AvgIpc) is 2.59. The molecule has 0 fully saturated rings. The van der Waals surface area contributed by atoms with Gasteiger partial charge in [-0.15, -0.1) is 0 Å². The van der Waals surface area contributed by atoms with Gasteiger partial charge in [-0.1, -0.05) is 0 Å². The molecule has 0 atom stereocenters. The summed E-state index contributed by atoms with van der Waals surface area (Å²) in [5, 5.41) is 0. The Balaban J connectivity index is 6.42. The summed E-state index contributed by atoms with van der Waals surface area (Å²) in [5.41, 5.74) is 0. The van der Waals surface area contributed by atoms with Crippen LogP contribution in [0.25, 0.3) is 0 Å². The molecule has 0 saturated heterocycles. The molecule has 0 aromatic carbocycles. The van der Waals surface area contributed by atoms with Crippen LogP contribution >= 0.6 is 0 Å². The molecule has 200 valence electrons. The van der Waals surface area contributed by atoms with Crippen LogP contribution in [0.5, 0.6) is 0 Å². The average molecular weight is 556 g/mol. The molecule has 0 aliphatic carbocycles. The zero-order chi connectivity index (χ0) is 27.3. The Morgan fingerprint density at radius 2 is 0.848 bits per heavy atom. The lowest BCUT2D eigenvalue weighted by atomic mass is 9.88. The van der Waals surface area contributed by atoms with Crippen LogP contribution in [0.4, 0.5) is 74.6 Å². The van der Waals surface area contributed by atoms with Gasteiger partial charge in [0.1, 0.15) is 0 Å². The van der Waals surface area contributed by atoms with Crippen molar-refractivity contribution in [2.45, 2.75) is 60.5 Å². The van der Waals surface area contributed by atoms with Crippen molar-refractivity contribution >= 4 is 10.1 Å². The summed E-state index contributed by atoms with van der Waals surface area (Å²) in [6.07, 6.45) is -12.4. The van der Waals surface area contributed by atoms with E-state index in [2.05, 4.69) is 4.18 Å². The summed E-state index contributed by atoms with van der Waals surface area (Å²) in [6, 6.07) is 0. The van der Waals surface area contributed by atoms with E-state index in [1.807, 2.05) is 0 Å². The molecule has 0 N–H and O–H groups in total. The van der Waals surface area contributed by atoms with Gasteiger partial charge >= 0.3 is 47.6 Å². The van der Waals surface area contributed by atoms with Crippen molar-refractivity contribution in [2.24, 2.45) is 0 Å². The van der Waals surface area contributed by atoms with E-state index >= 15 is 0 Å². The van der Waals surface area contributed by atoms with E-state index in [1.165, 1.54) is 0 Å². The van der Waals surface area contributed by atoms with Crippen LogP contribution < -0.4 is 0 Å². The van der Waals surface area contributed by atoms with E-state index in [0.29, 0.717) is 7.11 Å². The number of rotatable bonds is 11. The molecule has 0 radical (unpaired) electrons. The van der Waals surface area contributed by atoms with Crippen molar-refractivity contribution in [1.29, 1.82) is 0 Å². The molecule has 33 heavy (non-hydrogen) atoms. The maximum atomic E-state index is 13.5. The summed E-state index contributed by atoms with van der Waals surface area (Å²) < 4.78 is 246. The molecule has 21 heteroatoms. The molecule has 0 spiro atoms. The second-order valence-electron chi connectivity index (χ2n) is 6.18. The minimum atomic E-state index is -8.69. The zero-order valence-electron chi connectivity index (χ0n) is 15.2. The third-order valence-electron chi connectivity index (χ3n) is 3.93. The quantitative estimate of drug-likeness (QED) is 0.241. The first-order chi connectivity index (χ1) is 14.0. The number of halogens is 17. The number of hydrogen-bond acceptors (Lipinski definition) is 3. The fourth-order valence-corrected chi connectivity index (χ4v) is 2.57. The second kappa shape index (κ2) is 8.43. The maximum Gasteiger partial charge on any atom is 0.460 e. The van der Waals surface area contributed by atoms with Crippen LogP contribution in [0, 0.1) is 0 Å². The molecule has 3 nitrogen and oxygen atoms in total. The lowest BCUT2D eigenvalue weighted by Gasteiger charge is -2.42. The van der Waals surface area contributed by atoms with Gasteiger partial charge in [0.05, 0.1) is 12.9 Å². The maximum absolute atomic E-state index is 13.5. The predicted molar refractivity (Wildman–Crippen MR) is 70.7 cm³/mol. The highest BCUT2D eigenvalue weighted by atomic mass is 32.2. The predicted octanol–water partition coefficient (Wildman–Crippen LogP) is 5.75. The van der Waals surface area contributed by atoms with Crippen molar-refractivity contribution in [3.05, 3.63) is 0 Å². The van der Waals surface area contributed by atoms with Crippen molar-refractivity contribution in [1.82, 2.24) is 0 Å². The molecule has 0 aromatic rings. The van der Waals surface area contributed by atoms with Gasteiger partial charge in [-0.25, -0.2) is 0 Å². The van der Waals surface area contributed by atoms with Crippen LogP contribution in [-0.2, 0) is 14.3 Å². The Morgan fingerprint density at radius 1 is 0.545 bits per heavy atom. The molecule has 0 amide bonds. The van der Waals surface area contributed by atoms with E-state index in [0.717, 1.165) is 0 Å². The van der Waals surface area contributed by atoms with Gasteiger partial charge in [-0.2, -0.15) is 83.1 Å². The molecular formula is C12H9F17O3S. The monoisotopic (exact) mass is 556 g/mol. The van der Waals surface area contributed by atoms with E-state index in [9.17, 15) is 83.1 Å². The number of hydrogen-bond donors (Lipinski definition) is 0. The standard InChI is InChI=1S/C12H9F17O3S/c1-32-33(30,31)4-2-3-5(13,14)6(15,16)7(17,18)8(19,20)9(21,22)10(23,24)11(25,26)12(27,28)29/h2-4H2,1H3. The largest absolute Gasteiger partial charge is 0.460 e. The topological polar surface area (TPSA) is 43.4 Å². The van der Waals surface area contributed by atoms with Crippen molar-refractivity contribution < 1.29 is 87.2 Å². The van der Waals surface area contributed by atoms with E-state index in [1.54, 1.807) is 0 Å². The third-order valence-corrected chi connectivity index (χ3v) is 5.22. The molecule has 0 unspecified atom stereocenters. The van der Waals surface area contributed by atoms with Gasteiger partial charge < -0.3 is 0 Å². The summed E-state index contributed by atoms with van der Waals surface area (Å²) in [4.78, 5) is 0. The molecule has 0 saturated carbocycles. The molecule has 0 aliphatic rings. The first-order valence-corrected chi connectivity index (χ1v) is 9.09. The molecule has 0 rings (SSSR count). The minimum absolute atomic E-state index is 0.399. The minimum Gasteiger partial charge on any atom is -0.273 e. The molecule has 0 aromatic heterocycles. The van der Waals surface area contributed by atoms with E-state index < -0.39 is 76.3 Å². The first kappa shape index (κ1) is 31.7. The first-order valence-electron chi connectivity index (χ1n) is 7.51. The normalized spacial score (nSPS) is 16.3. The summed E-state index contributed by atoms with van der Waals surface area (Å²) in [5.74, 6) is -58.6. The van der Waals surface area contributed by atoms with E-state index in [4.69, 9.17) is 0 Å². The van der Waals surface area contributed by atoms with Crippen molar-refractivity contribution in [2.75, 3.05) is 12.9 Å². The van der Waals surface area contributed by atoms with Crippen molar-refractivity contribution in [3.8, 4) is 0 Å². The SMILES string of the molecule is COS(=O)(=O)CCCC(F)(F)C(F)(F)C(F)(F)C(F)(F)C(F)(F)C(F)(F)C(F)(F)C(F)(F)F. The van der Waals surface area contributed by atoms with Crippen molar-refractivity contribution in [3.63, 3.8) is 0 Å². The summed E-state index contributed by atoms with van der Waals surface area (Å²) in [7, 11) is -4.35. The fourth-order valence-electron chi connectivity index (χ4n) is 1.91. The van der Waals surface area contributed by atoms with Crippen LogP contribution in [0.3, 0.4) is 0 Å². The van der Waals surface area contributed by atoms with Crippen LogP contribution in [0.15, 0.2) is 0 Å². The molecular weight excluding hydrogens is 547 g/mol. The Kier molecular flexibility index (Phi) is 8.11. The Morgan fingerprint density at radius 3 is 1.15 bits per heavy atom. The summed E-state index contributed by atoms with van der Waals surface area (Å²) >= 11 is 0. The van der Waals surface area contributed by atoms with Crippen LogP contribution in [0.2, 0.25) is 0 Å². The molecule has 0 bridgehead atoms. The Hall–Kier alpha value is -1.28.